The molecule has 1 aromatic heterocycles. The lowest BCUT2D eigenvalue weighted by molar-refractivity contribution is -0.139. The van der Waals surface area contributed by atoms with E-state index in [4.69, 9.17) is 9.84 Å². The van der Waals surface area contributed by atoms with Gasteiger partial charge in [0.25, 0.3) is 0 Å². The molecule has 1 aromatic carbocycles. The number of aliphatic carboxylic acids is 1. The first-order valence-corrected chi connectivity index (χ1v) is 4.43. The Kier molecular flexibility index (Phi) is 2.29. The predicted molar refractivity (Wildman–Crippen MR) is 53.8 cm³/mol. The number of fused-ring (bicyclic) bond motifs is 1. The van der Waals surface area contributed by atoms with Crippen molar-refractivity contribution in [1.82, 2.24) is 9.55 Å². The van der Waals surface area contributed by atoms with Gasteiger partial charge in [-0.3, -0.25) is 0 Å². The fraction of sp³-hybridized carbons (Fsp3) is 0.200. The maximum Gasteiger partial charge on any atom is 0.341 e. The van der Waals surface area contributed by atoms with Crippen molar-refractivity contribution < 1.29 is 14.6 Å². The monoisotopic (exact) mass is 206 g/mol. The van der Waals surface area contributed by atoms with E-state index in [0.29, 0.717) is 11.3 Å². The number of aryl methyl sites for hydroxylation is 1. The average Bonchev–Trinajstić information content (AvgIpc) is 2.58. The Balaban J connectivity index is 2.38. The quantitative estimate of drug-likeness (QED) is 0.814. The topological polar surface area (TPSA) is 64.4 Å². The number of ether oxygens (including phenoxy) is 1. The molecule has 2 rings (SSSR count). The Morgan fingerprint density at radius 1 is 1.60 bits per heavy atom. The van der Waals surface area contributed by atoms with E-state index < -0.39 is 5.97 Å². The molecule has 0 fully saturated rings. The summed E-state index contributed by atoms with van der Waals surface area (Å²) in [6.45, 7) is -0.352. The van der Waals surface area contributed by atoms with Gasteiger partial charge in [-0.1, -0.05) is 6.07 Å². The van der Waals surface area contributed by atoms with Crippen LogP contribution in [-0.2, 0) is 11.8 Å². The summed E-state index contributed by atoms with van der Waals surface area (Å²) in [6, 6.07) is 5.41. The number of hydrogen-bond donors (Lipinski definition) is 1. The number of carboxylic acids is 1. The number of aromatic nitrogens is 2. The number of carbonyl (C=O) groups is 1. The van der Waals surface area contributed by atoms with Gasteiger partial charge in [-0.05, 0) is 12.1 Å². The number of imidazole rings is 1. The van der Waals surface area contributed by atoms with Crippen molar-refractivity contribution >= 4 is 17.0 Å². The molecule has 0 amide bonds. The molecular weight excluding hydrogens is 196 g/mol. The minimum atomic E-state index is -0.997. The molecule has 0 spiro atoms. The maximum atomic E-state index is 10.4. The highest BCUT2D eigenvalue weighted by atomic mass is 16.5. The molecule has 0 aliphatic carbocycles. The van der Waals surface area contributed by atoms with Crippen LogP contribution in [0.15, 0.2) is 24.5 Å². The fourth-order valence-corrected chi connectivity index (χ4v) is 1.39. The van der Waals surface area contributed by atoms with Crippen molar-refractivity contribution in [3.05, 3.63) is 24.5 Å². The van der Waals surface area contributed by atoms with E-state index in [1.54, 1.807) is 18.5 Å². The van der Waals surface area contributed by atoms with Gasteiger partial charge in [-0.25, -0.2) is 9.78 Å². The second-order valence-corrected chi connectivity index (χ2v) is 3.16. The van der Waals surface area contributed by atoms with E-state index in [9.17, 15) is 4.79 Å². The van der Waals surface area contributed by atoms with Crippen molar-refractivity contribution in [2.24, 2.45) is 7.05 Å². The maximum absolute atomic E-state index is 10.4. The van der Waals surface area contributed by atoms with E-state index in [2.05, 4.69) is 4.98 Å². The minimum Gasteiger partial charge on any atom is -0.480 e. The summed E-state index contributed by atoms with van der Waals surface area (Å²) in [5, 5.41) is 8.50. The van der Waals surface area contributed by atoms with Gasteiger partial charge < -0.3 is 14.4 Å². The molecule has 5 nitrogen and oxygen atoms in total. The molecule has 2 aromatic rings. The first-order chi connectivity index (χ1) is 7.18. The zero-order valence-corrected chi connectivity index (χ0v) is 8.17. The normalized spacial score (nSPS) is 10.5. The number of carboxylic acid groups (broad SMARTS) is 1. The van der Waals surface area contributed by atoms with E-state index in [-0.39, 0.29) is 6.61 Å². The Labute approximate surface area is 85.9 Å². The highest BCUT2D eigenvalue weighted by molar-refractivity contribution is 5.82. The molecule has 0 saturated heterocycles. The Morgan fingerprint density at radius 3 is 3.13 bits per heavy atom. The smallest absolute Gasteiger partial charge is 0.341 e. The van der Waals surface area contributed by atoms with Crippen LogP contribution in [0.5, 0.6) is 5.75 Å². The molecule has 0 aliphatic heterocycles. The van der Waals surface area contributed by atoms with Crippen LogP contribution in [0.4, 0.5) is 0 Å². The van der Waals surface area contributed by atoms with Crippen molar-refractivity contribution in [3.63, 3.8) is 0 Å². The summed E-state index contributed by atoms with van der Waals surface area (Å²) in [7, 11) is 1.87. The van der Waals surface area contributed by atoms with Crippen LogP contribution in [0, 0.1) is 0 Å². The molecule has 1 N–H and O–H groups in total. The van der Waals surface area contributed by atoms with Gasteiger partial charge in [0, 0.05) is 7.05 Å². The van der Waals surface area contributed by atoms with Crippen LogP contribution in [0.2, 0.25) is 0 Å². The number of benzene rings is 1. The highest BCUT2D eigenvalue weighted by Crippen LogP contribution is 2.23. The van der Waals surface area contributed by atoms with Crippen LogP contribution in [0.1, 0.15) is 0 Å². The van der Waals surface area contributed by atoms with Crippen LogP contribution in [0.3, 0.4) is 0 Å². The van der Waals surface area contributed by atoms with Gasteiger partial charge in [-0.15, -0.1) is 0 Å². The third kappa shape index (κ3) is 1.76. The molecule has 0 aliphatic rings. The Bertz CT molecular complexity index is 504. The molecule has 0 atom stereocenters. The molecule has 5 heteroatoms. The number of para-hydroxylation sites is 1. The summed E-state index contributed by atoms with van der Waals surface area (Å²) in [5.74, 6) is -0.501. The molecule has 0 unspecified atom stereocenters. The lowest BCUT2D eigenvalue weighted by atomic mass is 10.3. The molecule has 1 heterocycles. The summed E-state index contributed by atoms with van der Waals surface area (Å²) in [4.78, 5) is 14.5. The highest BCUT2D eigenvalue weighted by Gasteiger charge is 2.07. The minimum absolute atomic E-state index is 0.352. The van der Waals surface area contributed by atoms with Crippen molar-refractivity contribution in [3.8, 4) is 5.75 Å². The molecule has 15 heavy (non-hydrogen) atoms. The van der Waals surface area contributed by atoms with Crippen LogP contribution < -0.4 is 4.74 Å². The van der Waals surface area contributed by atoms with Crippen LogP contribution >= 0.6 is 0 Å². The van der Waals surface area contributed by atoms with Crippen molar-refractivity contribution in [2.75, 3.05) is 6.61 Å². The Hall–Kier alpha value is -2.04. The lowest BCUT2D eigenvalue weighted by Crippen LogP contribution is -2.09. The third-order valence-corrected chi connectivity index (χ3v) is 2.07. The van der Waals surface area contributed by atoms with Crippen LogP contribution in [0.25, 0.3) is 11.0 Å². The summed E-state index contributed by atoms with van der Waals surface area (Å²) < 4.78 is 6.97. The molecule has 0 bridgehead atoms. The fourth-order valence-electron chi connectivity index (χ4n) is 1.39. The van der Waals surface area contributed by atoms with Crippen molar-refractivity contribution in [1.29, 1.82) is 0 Å². The van der Waals surface area contributed by atoms with E-state index >= 15 is 0 Å². The van der Waals surface area contributed by atoms with Gasteiger partial charge in [0.15, 0.2) is 6.61 Å². The lowest BCUT2D eigenvalue weighted by Gasteiger charge is -2.03. The van der Waals surface area contributed by atoms with Gasteiger partial charge in [0.1, 0.15) is 11.3 Å². The molecular formula is C10H10N2O3. The second-order valence-electron chi connectivity index (χ2n) is 3.16. The van der Waals surface area contributed by atoms with Gasteiger partial charge >= 0.3 is 5.97 Å². The standard InChI is InChI=1S/C10H10N2O3/c1-12-6-11-10-7(12)3-2-4-8(10)15-5-9(13)14/h2-4,6H,5H2,1H3,(H,13,14). The molecule has 0 radical (unpaired) electrons. The van der Waals surface area contributed by atoms with Gasteiger partial charge in [-0.2, -0.15) is 0 Å². The zero-order chi connectivity index (χ0) is 10.8. The SMILES string of the molecule is Cn1cnc2c(OCC(=O)O)cccc21. The van der Waals surface area contributed by atoms with Gasteiger partial charge in [0.05, 0.1) is 11.8 Å². The first kappa shape index (κ1) is 9.51. The Morgan fingerprint density at radius 2 is 2.40 bits per heavy atom. The second kappa shape index (κ2) is 3.61. The number of rotatable bonds is 3. The van der Waals surface area contributed by atoms with Crippen molar-refractivity contribution in [2.45, 2.75) is 0 Å². The molecule has 78 valence electrons. The number of hydrogen-bond acceptors (Lipinski definition) is 3. The molecule has 0 saturated carbocycles. The summed E-state index contributed by atoms with van der Waals surface area (Å²) >= 11 is 0. The van der Waals surface area contributed by atoms with Crippen LogP contribution in [-0.4, -0.2) is 27.2 Å². The predicted octanol–water partition coefficient (Wildman–Crippen LogP) is 1.04. The largest absolute Gasteiger partial charge is 0.480 e. The third-order valence-electron chi connectivity index (χ3n) is 2.07. The number of nitrogens with zero attached hydrogens (tertiary/aromatic N) is 2. The van der Waals surface area contributed by atoms with Gasteiger partial charge in [0.2, 0.25) is 0 Å². The average molecular weight is 206 g/mol. The van der Waals surface area contributed by atoms with E-state index in [0.717, 1.165) is 5.52 Å². The zero-order valence-electron chi connectivity index (χ0n) is 8.17. The first-order valence-electron chi connectivity index (χ1n) is 4.43. The summed E-state index contributed by atoms with van der Waals surface area (Å²) in [6.07, 6.45) is 1.66. The van der Waals surface area contributed by atoms with E-state index in [1.807, 2.05) is 17.7 Å². The van der Waals surface area contributed by atoms with E-state index in [1.165, 1.54) is 0 Å². The summed E-state index contributed by atoms with van der Waals surface area (Å²) in [5.41, 5.74) is 1.60.